The van der Waals surface area contributed by atoms with Crippen LogP contribution in [0.15, 0.2) is 24.3 Å². The SMILES string of the molecule is COc1ccc(CCSCCC(=O)O)cc1. The zero-order valence-corrected chi connectivity index (χ0v) is 10.1. The molecule has 16 heavy (non-hydrogen) atoms. The van der Waals surface area contributed by atoms with E-state index in [1.165, 1.54) is 5.56 Å². The van der Waals surface area contributed by atoms with Gasteiger partial charge in [0.05, 0.1) is 13.5 Å². The topological polar surface area (TPSA) is 46.5 Å². The maximum absolute atomic E-state index is 10.3. The fourth-order valence-corrected chi connectivity index (χ4v) is 2.15. The molecule has 0 amide bonds. The quantitative estimate of drug-likeness (QED) is 0.744. The van der Waals surface area contributed by atoms with E-state index in [1.54, 1.807) is 18.9 Å². The van der Waals surface area contributed by atoms with Crippen molar-refractivity contribution in [3.8, 4) is 5.75 Å². The van der Waals surface area contributed by atoms with Crippen LogP contribution in [0.2, 0.25) is 0 Å². The number of hydrogen-bond acceptors (Lipinski definition) is 3. The number of hydrogen-bond donors (Lipinski definition) is 1. The van der Waals surface area contributed by atoms with Gasteiger partial charge in [0, 0.05) is 5.75 Å². The third-order valence-electron chi connectivity index (χ3n) is 2.15. The van der Waals surface area contributed by atoms with E-state index in [2.05, 4.69) is 0 Å². The molecule has 0 saturated heterocycles. The molecule has 0 heterocycles. The summed E-state index contributed by atoms with van der Waals surface area (Å²) in [4.78, 5) is 10.3. The van der Waals surface area contributed by atoms with Crippen LogP contribution in [0.25, 0.3) is 0 Å². The lowest BCUT2D eigenvalue weighted by molar-refractivity contribution is -0.136. The van der Waals surface area contributed by atoms with Crippen molar-refractivity contribution in [2.45, 2.75) is 12.8 Å². The van der Waals surface area contributed by atoms with Crippen molar-refractivity contribution >= 4 is 17.7 Å². The van der Waals surface area contributed by atoms with E-state index < -0.39 is 5.97 Å². The number of aliphatic carboxylic acids is 1. The summed E-state index contributed by atoms with van der Waals surface area (Å²) in [5.74, 6) is 1.78. The highest BCUT2D eigenvalue weighted by Crippen LogP contribution is 2.13. The first-order valence-corrected chi connectivity index (χ1v) is 6.30. The Bertz CT molecular complexity index is 322. The summed E-state index contributed by atoms with van der Waals surface area (Å²) < 4.78 is 5.07. The summed E-state index contributed by atoms with van der Waals surface area (Å²) in [6.07, 6.45) is 1.21. The molecule has 0 saturated carbocycles. The van der Waals surface area contributed by atoms with E-state index in [1.807, 2.05) is 24.3 Å². The Balaban J connectivity index is 2.19. The largest absolute Gasteiger partial charge is 0.497 e. The first-order valence-electron chi connectivity index (χ1n) is 5.15. The Kier molecular flexibility index (Phi) is 5.78. The minimum Gasteiger partial charge on any atom is -0.497 e. The Morgan fingerprint density at radius 3 is 2.56 bits per heavy atom. The Morgan fingerprint density at radius 2 is 2.00 bits per heavy atom. The van der Waals surface area contributed by atoms with Gasteiger partial charge < -0.3 is 9.84 Å². The maximum Gasteiger partial charge on any atom is 0.304 e. The summed E-state index contributed by atoms with van der Waals surface area (Å²) in [6, 6.07) is 7.96. The Labute approximate surface area is 99.8 Å². The number of rotatable bonds is 7. The van der Waals surface area contributed by atoms with Crippen molar-refractivity contribution in [2.75, 3.05) is 18.6 Å². The van der Waals surface area contributed by atoms with E-state index in [0.717, 1.165) is 17.9 Å². The Morgan fingerprint density at radius 1 is 1.31 bits per heavy atom. The van der Waals surface area contributed by atoms with Crippen LogP contribution in [0.1, 0.15) is 12.0 Å². The van der Waals surface area contributed by atoms with Crippen molar-refractivity contribution in [3.05, 3.63) is 29.8 Å². The number of benzene rings is 1. The molecule has 0 atom stereocenters. The molecule has 0 aliphatic carbocycles. The number of carboxylic acid groups (broad SMARTS) is 1. The van der Waals surface area contributed by atoms with Crippen molar-refractivity contribution in [2.24, 2.45) is 0 Å². The minimum absolute atomic E-state index is 0.243. The smallest absolute Gasteiger partial charge is 0.304 e. The summed E-state index contributed by atoms with van der Waals surface area (Å²) in [5, 5.41) is 8.46. The third kappa shape index (κ3) is 5.07. The van der Waals surface area contributed by atoms with Gasteiger partial charge in [-0.25, -0.2) is 0 Å². The normalized spacial score (nSPS) is 10.1. The fraction of sp³-hybridized carbons (Fsp3) is 0.417. The molecule has 0 aliphatic rings. The van der Waals surface area contributed by atoms with Crippen LogP contribution in [0, 0.1) is 0 Å². The van der Waals surface area contributed by atoms with Crippen LogP contribution < -0.4 is 4.74 Å². The molecule has 1 aromatic carbocycles. The molecule has 1 N–H and O–H groups in total. The third-order valence-corrected chi connectivity index (χ3v) is 3.14. The predicted octanol–water partition coefficient (Wildman–Crippen LogP) is 2.45. The first-order chi connectivity index (χ1) is 7.72. The summed E-state index contributed by atoms with van der Waals surface area (Å²) in [5.41, 5.74) is 1.25. The fourth-order valence-electron chi connectivity index (χ4n) is 1.24. The van der Waals surface area contributed by atoms with Crippen molar-refractivity contribution in [3.63, 3.8) is 0 Å². The van der Waals surface area contributed by atoms with Crippen molar-refractivity contribution in [1.29, 1.82) is 0 Å². The summed E-state index contributed by atoms with van der Waals surface area (Å²) in [7, 11) is 1.65. The second kappa shape index (κ2) is 7.17. The van der Waals surface area contributed by atoms with Crippen LogP contribution in [0.5, 0.6) is 5.75 Å². The molecule has 0 aliphatic heterocycles. The number of carboxylic acids is 1. The van der Waals surface area contributed by atoms with Crippen LogP contribution in [-0.2, 0) is 11.2 Å². The Hall–Kier alpha value is -1.16. The first kappa shape index (κ1) is 12.9. The molecule has 0 fully saturated rings. The summed E-state index contributed by atoms with van der Waals surface area (Å²) in [6.45, 7) is 0. The maximum atomic E-state index is 10.3. The average Bonchev–Trinajstić information content (AvgIpc) is 2.29. The molecule has 0 aromatic heterocycles. The van der Waals surface area contributed by atoms with E-state index in [9.17, 15) is 4.79 Å². The van der Waals surface area contributed by atoms with E-state index in [4.69, 9.17) is 9.84 Å². The number of carbonyl (C=O) groups is 1. The number of ether oxygens (including phenoxy) is 1. The van der Waals surface area contributed by atoms with E-state index in [-0.39, 0.29) is 6.42 Å². The van der Waals surface area contributed by atoms with Gasteiger partial charge in [-0.15, -0.1) is 0 Å². The van der Waals surface area contributed by atoms with Crippen LogP contribution in [-0.4, -0.2) is 29.7 Å². The molecular weight excluding hydrogens is 224 g/mol. The van der Waals surface area contributed by atoms with Crippen LogP contribution >= 0.6 is 11.8 Å². The van der Waals surface area contributed by atoms with E-state index >= 15 is 0 Å². The van der Waals surface area contributed by atoms with Gasteiger partial charge in [-0.2, -0.15) is 11.8 Å². The van der Waals surface area contributed by atoms with Gasteiger partial charge >= 0.3 is 5.97 Å². The predicted molar refractivity (Wildman–Crippen MR) is 66.3 cm³/mol. The van der Waals surface area contributed by atoms with Crippen LogP contribution in [0.3, 0.4) is 0 Å². The molecule has 1 rings (SSSR count). The minimum atomic E-state index is -0.725. The number of thioether (sulfide) groups is 1. The second-order valence-electron chi connectivity index (χ2n) is 3.35. The highest BCUT2D eigenvalue weighted by atomic mass is 32.2. The monoisotopic (exact) mass is 240 g/mol. The highest BCUT2D eigenvalue weighted by Gasteiger charge is 1.98. The molecule has 0 unspecified atom stereocenters. The van der Waals surface area contributed by atoms with Crippen LogP contribution in [0.4, 0.5) is 0 Å². The lowest BCUT2D eigenvalue weighted by Gasteiger charge is -2.03. The van der Waals surface area contributed by atoms with Gasteiger partial charge in [0.2, 0.25) is 0 Å². The molecule has 3 nitrogen and oxygen atoms in total. The standard InChI is InChI=1S/C12H16O3S/c1-15-11-4-2-10(3-5-11)6-8-16-9-7-12(13)14/h2-5H,6-9H2,1H3,(H,13,14). The average molecular weight is 240 g/mol. The van der Waals surface area contributed by atoms with Gasteiger partial charge in [-0.1, -0.05) is 12.1 Å². The van der Waals surface area contributed by atoms with E-state index in [0.29, 0.717) is 5.75 Å². The van der Waals surface area contributed by atoms with Gasteiger partial charge in [0.25, 0.3) is 0 Å². The van der Waals surface area contributed by atoms with Gasteiger partial charge in [-0.3, -0.25) is 4.79 Å². The second-order valence-corrected chi connectivity index (χ2v) is 4.58. The summed E-state index contributed by atoms with van der Waals surface area (Å²) >= 11 is 1.67. The molecule has 1 aromatic rings. The van der Waals surface area contributed by atoms with Gasteiger partial charge in [-0.05, 0) is 29.9 Å². The highest BCUT2D eigenvalue weighted by molar-refractivity contribution is 7.99. The molecule has 88 valence electrons. The molecule has 4 heteroatoms. The molecule has 0 spiro atoms. The molecule has 0 radical (unpaired) electrons. The van der Waals surface area contributed by atoms with Crippen molar-refractivity contribution < 1.29 is 14.6 Å². The van der Waals surface area contributed by atoms with Crippen molar-refractivity contribution in [1.82, 2.24) is 0 Å². The zero-order chi connectivity index (χ0) is 11.8. The molecular formula is C12H16O3S. The lowest BCUT2D eigenvalue weighted by Crippen LogP contribution is -1.97. The van der Waals surface area contributed by atoms with Gasteiger partial charge in [0.15, 0.2) is 0 Å². The lowest BCUT2D eigenvalue weighted by atomic mass is 10.2. The number of aryl methyl sites for hydroxylation is 1. The zero-order valence-electron chi connectivity index (χ0n) is 9.31. The number of methoxy groups -OCH3 is 1. The molecule has 0 bridgehead atoms. The van der Waals surface area contributed by atoms with Gasteiger partial charge in [0.1, 0.15) is 5.75 Å².